The topological polar surface area (TPSA) is 50.4 Å². The van der Waals surface area contributed by atoms with Gasteiger partial charge >= 0.3 is 6.03 Å². The number of nitrogens with one attached hydrogen (secondary N) is 2. The van der Waals surface area contributed by atoms with Crippen molar-refractivity contribution in [2.45, 2.75) is 89.0 Å². The molecule has 0 atom stereocenters. The summed E-state index contributed by atoms with van der Waals surface area (Å²) in [5.41, 5.74) is -0.0134. The Morgan fingerprint density at radius 3 is 2.04 bits per heavy atom. The Hall–Kier alpha value is -1.69. The molecule has 2 saturated carbocycles. The van der Waals surface area contributed by atoms with Crippen LogP contribution in [0.25, 0.3) is 0 Å². The standard InChI is InChI=1S/C21H30F2N2O2/c22-19-8-5-9-20(23)18(19)14-27-17-12-10-16(11-13-17)25-21(26)24-15-6-3-1-2-4-7-15/h5,8-9,15-17H,1-4,6-7,10-14H2,(H2,24,25,26). The Morgan fingerprint density at radius 1 is 0.889 bits per heavy atom. The minimum Gasteiger partial charge on any atom is -0.373 e. The van der Waals surface area contributed by atoms with E-state index in [0.29, 0.717) is 6.04 Å². The van der Waals surface area contributed by atoms with Gasteiger partial charge in [0.15, 0.2) is 0 Å². The van der Waals surface area contributed by atoms with Crippen molar-refractivity contribution in [2.75, 3.05) is 0 Å². The molecule has 2 aliphatic rings. The molecule has 1 aromatic rings. The number of urea groups is 1. The second kappa shape index (κ2) is 10.0. The van der Waals surface area contributed by atoms with E-state index >= 15 is 0 Å². The van der Waals surface area contributed by atoms with Gasteiger partial charge in [0.2, 0.25) is 0 Å². The number of benzene rings is 1. The van der Waals surface area contributed by atoms with Gasteiger partial charge < -0.3 is 15.4 Å². The molecule has 3 rings (SSSR count). The van der Waals surface area contributed by atoms with Gasteiger partial charge in [0.25, 0.3) is 0 Å². The third kappa shape index (κ3) is 6.16. The lowest BCUT2D eigenvalue weighted by Gasteiger charge is -2.30. The molecule has 27 heavy (non-hydrogen) atoms. The summed E-state index contributed by atoms with van der Waals surface area (Å²) in [6, 6.07) is 4.21. The summed E-state index contributed by atoms with van der Waals surface area (Å²) in [6.07, 6.45) is 10.2. The van der Waals surface area contributed by atoms with Crippen LogP contribution in [0.2, 0.25) is 0 Å². The van der Waals surface area contributed by atoms with Crippen LogP contribution < -0.4 is 10.6 Å². The maximum atomic E-state index is 13.7. The van der Waals surface area contributed by atoms with E-state index in [1.54, 1.807) is 0 Å². The number of rotatable bonds is 5. The van der Waals surface area contributed by atoms with Crippen molar-refractivity contribution in [3.63, 3.8) is 0 Å². The zero-order valence-corrected chi connectivity index (χ0v) is 15.8. The molecule has 2 aliphatic carbocycles. The molecule has 2 amide bonds. The van der Waals surface area contributed by atoms with Gasteiger partial charge in [-0.15, -0.1) is 0 Å². The number of carbonyl (C=O) groups excluding carboxylic acids is 1. The number of hydrogen-bond donors (Lipinski definition) is 2. The van der Waals surface area contributed by atoms with Crippen molar-refractivity contribution in [1.82, 2.24) is 10.6 Å². The fraction of sp³-hybridized carbons (Fsp3) is 0.667. The molecule has 2 N–H and O–H groups in total. The van der Waals surface area contributed by atoms with Crippen molar-refractivity contribution in [1.29, 1.82) is 0 Å². The summed E-state index contributed by atoms with van der Waals surface area (Å²) in [4.78, 5) is 12.2. The van der Waals surface area contributed by atoms with Gasteiger partial charge in [0.05, 0.1) is 12.7 Å². The molecular formula is C21H30F2N2O2. The van der Waals surface area contributed by atoms with Crippen LogP contribution in [0.5, 0.6) is 0 Å². The normalized spacial score (nSPS) is 24.2. The molecule has 0 bridgehead atoms. The molecule has 4 nitrogen and oxygen atoms in total. The summed E-state index contributed by atoms with van der Waals surface area (Å²) < 4.78 is 33.0. The Morgan fingerprint density at radius 2 is 1.44 bits per heavy atom. The molecule has 6 heteroatoms. The van der Waals surface area contributed by atoms with Gasteiger partial charge in [-0.05, 0) is 50.7 Å². The lowest BCUT2D eigenvalue weighted by Crippen LogP contribution is -2.47. The second-order valence-corrected chi connectivity index (χ2v) is 7.79. The van der Waals surface area contributed by atoms with Gasteiger partial charge in [0.1, 0.15) is 11.6 Å². The fourth-order valence-corrected chi connectivity index (χ4v) is 4.08. The molecule has 0 heterocycles. The van der Waals surface area contributed by atoms with E-state index in [-0.39, 0.29) is 30.3 Å². The summed E-state index contributed by atoms with van der Waals surface area (Å²) in [5, 5.41) is 6.19. The molecule has 150 valence electrons. The van der Waals surface area contributed by atoms with Crippen molar-refractivity contribution in [3.8, 4) is 0 Å². The minimum atomic E-state index is -0.569. The van der Waals surface area contributed by atoms with Crippen LogP contribution in [0, 0.1) is 11.6 Å². The van der Waals surface area contributed by atoms with Crippen LogP contribution in [0.15, 0.2) is 18.2 Å². The number of amides is 2. The predicted molar refractivity (Wildman–Crippen MR) is 100 cm³/mol. The highest BCUT2D eigenvalue weighted by Crippen LogP contribution is 2.24. The highest BCUT2D eigenvalue weighted by Gasteiger charge is 2.24. The molecule has 1 aromatic carbocycles. The first kappa shape index (κ1) is 20.1. The van der Waals surface area contributed by atoms with Gasteiger partial charge in [-0.3, -0.25) is 0 Å². The van der Waals surface area contributed by atoms with E-state index in [4.69, 9.17) is 4.74 Å². The smallest absolute Gasteiger partial charge is 0.315 e. The number of ether oxygens (including phenoxy) is 1. The highest BCUT2D eigenvalue weighted by atomic mass is 19.1. The van der Waals surface area contributed by atoms with Crippen LogP contribution in [0.1, 0.15) is 69.8 Å². The first-order valence-corrected chi connectivity index (χ1v) is 10.2. The minimum absolute atomic E-state index is 0.0134. The Kier molecular flexibility index (Phi) is 7.44. The lowest BCUT2D eigenvalue weighted by molar-refractivity contribution is 0.00950. The van der Waals surface area contributed by atoms with Crippen molar-refractivity contribution >= 4 is 6.03 Å². The summed E-state index contributed by atoms with van der Waals surface area (Å²) in [5.74, 6) is -1.14. The van der Waals surface area contributed by atoms with E-state index < -0.39 is 11.6 Å². The fourth-order valence-electron chi connectivity index (χ4n) is 4.08. The lowest BCUT2D eigenvalue weighted by atomic mass is 9.93. The molecule has 0 aliphatic heterocycles. The van der Waals surface area contributed by atoms with E-state index in [0.717, 1.165) is 38.5 Å². The molecular weight excluding hydrogens is 350 g/mol. The van der Waals surface area contributed by atoms with Gasteiger partial charge in [-0.1, -0.05) is 31.7 Å². The van der Waals surface area contributed by atoms with E-state index in [2.05, 4.69) is 10.6 Å². The zero-order valence-electron chi connectivity index (χ0n) is 15.8. The summed E-state index contributed by atoms with van der Waals surface area (Å²) in [6.45, 7) is -0.0521. The zero-order chi connectivity index (χ0) is 19.1. The molecule has 0 saturated heterocycles. The summed E-state index contributed by atoms with van der Waals surface area (Å²) in [7, 11) is 0. The Labute approximate surface area is 160 Å². The predicted octanol–water partition coefficient (Wildman–Crippen LogP) is 4.81. The van der Waals surface area contributed by atoms with Crippen LogP contribution in [0.3, 0.4) is 0 Å². The maximum absolute atomic E-state index is 13.7. The quantitative estimate of drug-likeness (QED) is 0.720. The second-order valence-electron chi connectivity index (χ2n) is 7.79. The Balaban J connectivity index is 1.36. The van der Waals surface area contributed by atoms with Crippen molar-refractivity contribution in [2.24, 2.45) is 0 Å². The molecule has 0 spiro atoms. The molecule has 0 radical (unpaired) electrons. The molecule has 0 aromatic heterocycles. The number of carbonyl (C=O) groups is 1. The van der Waals surface area contributed by atoms with E-state index in [1.165, 1.54) is 43.9 Å². The van der Waals surface area contributed by atoms with Crippen LogP contribution in [0.4, 0.5) is 13.6 Å². The van der Waals surface area contributed by atoms with Crippen LogP contribution in [-0.2, 0) is 11.3 Å². The van der Waals surface area contributed by atoms with Crippen LogP contribution in [-0.4, -0.2) is 24.2 Å². The SMILES string of the molecule is O=C(NC1CCCCCC1)NC1CCC(OCc2c(F)cccc2F)CC1. The van der Waals surface area contributed by atoms with Crippen LogP contribution >= 0.6 is 0 Å². The van der Waals surface area contributed by atoms with Crippen molar-refractivity contribution in [3.05, 3.63) is 35.4 Å². The van der Waals surface area contributed by atoms with Gasteiger partial charge in [-0.2, -0.15) is 0 Å². The van der Waals surface area contributed by atoms with Gasteiger partial charge in [-0.25, -0.2) is 13.6 Å². The molecule has 2 fully saturated rings. The van der Waals surface area contributed by atoms with Gasteiger partial charge in [0, 0.05) is 17.6 Å². The third-order valence-electron chi connectivity index (χ3n) is 5.72. The number of hydrogen-bond acceptors (Lipinski definition) is 2. The average Bonchev–Trinajstić information content (AvgIpc) is 2.91. The third-order valence-corrected chi connectivity index (χ3v) is 5.72. The summed E-state index contributed by atoms with van der Waals surface area (Å²) >= 11 is 0. The number of halogens is 2. The van der Waals surface area contributed by atoms with E-state index in [9.17, 15) is 13.6 Å². The first-order chi connectivity index (χ1) is 13.1. The Bertz CT molecular complexity index is 590. The van der Waals surface area contributed by atoms with Crippen molar-refractivity contribution < 1.29 is 18.3 Å². The highest BCUT2D eigenvalue weighted by molar-refractivity contribution is 5.74. The first-order valence-electron chi connectivity index (χ1n) is 10.2. The van der Waals surface area contributed by atoms with E-state index in [1.807, 2.05) is 0 Å². The molecule has 0 unspecified atom stereocenters. The average molecular weight is 380 g/mol. The maximum Gasteiger partial charge on any atom is 0.315 e. The monoisotopic (exact) mass is 380 g/mol. The largest absolute Gasteiger partial charge is 0.373 e.